The second-order valence-electron chi connectivity index (χ2n) is 4.71. The summed E-state index contributed by atoms with van der Waals surface area (Å²) >= 11 is 6.20. The minimum atomic E-state index is -0.415. The van der Waals surface area contributed by atoms with Crippen molar-refractivity contribution in [3.8, 4) is 29.9 Å². The van der Waals surface area contributed by atoms with Crippen molar-refractivity contribution in [2.45, 2.75) is 0 Å². The van der Waals surface area contributed by atoms with Crippen molar-refractivity contribution >= 4 is 23.3 Å². The van der Waals surface area contributed by atoms with Crippen molar-refractivity contribution in [1.82, 2.24) is 0 Å². The van der Waals surface area contributed by atoms with Gasteiger partial charge in [0.1, 0.15) is 12.4 Å². The van der Waals surface area contributed by atoms with Crippen LogP contribution < -0.4 is 9.47 Å². The van der Waals surface area contributed by atoms with Gasteiger partial charge in [-0.3, -0.25) is 0 Å². The molecule has 2 rings (SSSR count). The summed E-state index contributed by atoms with van der Waals surface area (Å²) < 4.78 is 24.0. The summed E-state index contributed by atoms with van der Waals surface area (Å²) in [7, 11) is 1.47. The van der Waals surface area contributed by atoms with Crippen LogP contribution in [0.3, 0.4) is 0 Å². The first-order chi connectivity index (χ1) is 11.6. The summed E-state index contributed by atoms with van der Waals surface area (Å²) in [6, 6.07) is 11.1. The summed E-state index contributed by atoms with van der Waals surface area (Å²) in [5.74, 6) is 2.66. The van der Waals surface area contributed by atoms with Gasteiger partial charge >= 0.3 is 0 Å². The summed E-state index contributed by atoms with van der Waals surface area (Å²) in [5.41, 5.74) is 1.39. The molecule has 0 aliphatic carbocycles. The lowest BCUT2D eigenvalue weighted by Crippen LogP contribution is -1.98. The first kappa shape index (κ1) is 17.4. The first-order valence-electron chi connectivity index (χ1n) is 6.90. The number of rotatable bonds is 5. The molecule has 3 nitrogen and oxygen atoms in total. The zero-order chi connectivity index (χ0) is 17.5. The van der Waals surface area contributed by atoms with E-state index in [1.807, 2.05) is 0 Å². The molecule has 2 aromatic rings. The Morgan fingerprint density at radius 1 is 1.38 bits per heavy atom. The highest BCUT2D eigenvalue weighted by molar-refractivity contribution is 6.32. The fourth-order valence-electron chi connectivity index (χ4n) is 2.08. The predicted octanol–water partition coefficient (Wildman–Crippen LogP) is 4.56. The van der Waals surface area contributed by atoms with Gasteiger partial charge in [-0.15, -0.1) is 6.42 Å². The highest BCUT2D eigenvalue weighted by Gasteiger charge is 2.12. The summed E-state index contributed by atoms with van der Waals surface area (Å²) in [6.07, 6.45) is 6.76. The van der Waals surface area contributed by atoms with Gasteiger partial charge in [0.05, 0.1) is 23.8 Å². The van der Waals surface area contributed by atoms with E-state index in [2.05, 4.69) is 12.0 Å². The van der Waals surface area contributed by atoms with Crippen LogP contribution in [0.1, 0.15) is 11.1 Å². The zero-order valence-electron chi connectivity index (χ0n) is 12.8. The van der Waals surface area contributed by atoms with Gasteiger partial charge in [-0.25, -0.2) is 4.39 Å². The van der Waals surface area contributed by atoms with E-state index in [0.717, 1.165) is 0 Å². The molecule has 0 radical (unpaired) electrons. The Balaban J connectivity index is 2.46. The van der Waals surface area contributed by atoms with Crippen molar-refractivity contribution in [3.05, 3.63) is 58.4 Å². The minimum absolute atomic E-state index is 0.0536. The van der Waals surface area contributed by atoms with Crippen LogP contribution >= 0.6 is 11.6 Å². The third kappa shape index (κ3) is 4.07. The Labute approximate surface area is 144 Å². The molecule has 0 aliphatic rings. The average Bonchev–Trinajstić information content (AvgIpc) is 2.58. The lowest BCUT2D eigenvalue weighted by molar-refractivity contribution is 0.331. The largest absolute Gasteiger partial charge is 0.493 e. The molecule has 0 bridgehead atoms. The molecule has 0 heterocycles. The number of ether oxygens (including phenoxy) is 2. The lowest BCUT2D eigenvalue weighted by Gasteiger charge is -2.12. The van der Waals surface area contributed by atoms with Crippen LogP contribution in [0, 0.1) is 29.5 Å². The first-order valence-corrected chi connectivity index (χ1v) is 7.28. The molecule has 24 heavy (non-hydrogen) atoms. The van der Waals surface area contributed by atoms with E-state index in [9.17, 15) is 9.65 Å². The van der Waals surface area contributed by atoms with Crippen LogP contribution in [0.2, 0.25) is 5.02 Å². The highest BCUT2D eigenvalue weighted by Crippen LogP contribution is 2.37. The number of benzene rings is 2. The Bertz CT molecular complexity index is 863. The minimum Gasteiger partial charge on any atom is -0.493 e. The van der Waals surface area contributed by atoms with Gasteiger partial charge in [-0.2, -0.15) is 5.26 Å². The van der Waals surface area contributed by atoms with Crippen molar-refractivity contribution < 1.29 is 13.9 Å². The predicted molar refractivity (Wildman–Crippen MR) is 92.2 cm³/mol. The van der Waals surface area contributed by atoms with Gasteiger partial charge in [0.25, 0.3) is 0 Å². The second kappa shape index (κ2) is 8.06. The fourth-order valence-corrected chi connectivity index (χ4v) is 2.35. The number of terminal acetylenes is 1. The second-order valence-corrected chi connectivity index (χ2v) is 5.11. The molecular weight excluding hydrogens is 329 g/mol. The number of halogens is 2. The van der Waals surface area contributed by atoms with Crippen LogP contribution in [0.25, 0.3) is 11.6 Å². The van der Waals surface area contributed by atoms with E-state index in [0.29, 0.717) is 33.2 Å². The number of allylic oxidation sites excluding steroid dienone is 1. The van der Waals surface area contributed by atoms with Gasteiger partial charge in [-0.05, 0) is 41.5 Å². The average molecular weight is 342 g/mol. The standard InChI is InChI=1S/C19H13ClFNO2/c1-3-7-24-19-17(20)9-13(10-18(19)23-2)8-15(12-22)14-5-4-6-16(21)11-14/h1,4-6,8-11H,7H2,2H3. The van der Waals surface area contributed by atoms with E-state index in [1.54, 1.807) is 30.3 Å². The van der Waals surface area contributed by atoms with Crippen LogP contribution in [-0.4, -0.2) is 13.7 Å². The number of nitriles is 1. The highest BCUT2D eigenvalue weighted by atomic mass is 35.5. The van der Waals surface area contributed by atoms with Gasteiger partial charge in [-0.1, -0.05) is 29.7 Å². The van der Waals surface area contributed by atoms with Crippen LogP contribution in [0.4, 0.5) is 4.39 Å². The molecule has 0 atom stereocenters. The molecule has 0 spiro atoms. The topological polar surface area (TPSA) is 42.2 Å². The molecule has 0 aliphatic heterocycles. The van der Waals surface area contributed by atoms with E-state index < -0.39 is 5.82 Å². The van der Waals surface area contributed by atoms with Crippen LogP contribution in [-0.2, 0) is 0 Å². The van der Waals surface area contributed by atoms with Crippen molar-refractivity contribution in [3.63, 3.8) is 0 Å². The summed E-state index contributed by atoms with van der Waals surface area (Å²) in [4.78, 5) is 0. The Morgan fingerprint density at radius 2 is 2.17 bits per heavy atom. The molecule has 0 N–H and O–H groups in total. The lowest BCUT2D eigenvalue weighted by atomic mass is 10.0. The van der Waals surface area contributed by atoms with E-state index >= 15 is 0 Å². The molecule has 2 aromatic carbocycles. The molecule has 0 saturated heterocycles. The van der Waals surface area contributed by atoms with Gasteiger partial charge < -0.3 is 9.47 Å². The molecular formula is C19H13ClFNO2. The smallest absolute Gasteiger partial charge is 0.181 e. The van der Waals surface area contributed by atoms with E-state index in [1.165, 1.54) is 19.2 Å². The van der Waals surface area contributed by atoms with Crippen molar-refractivity contribution in [2.75, 3.05) is 13.7 Å². The number of hydrogen-bond donors (Lipinski definition) is 0. The van der Waals surface area contributed by atoms with Gasteiger partial charge in [0, 0.05) is 0 Å². The maximum atomic E-state index is 13.3. The SMILES string of the molecule is C#CCOc1c(Cl)cc(C=C(C#N)c2cccc(F)c2)cc1OC. The quantitative estimate of drug-likeness (QED) is 0.454. The summed E-state index contributed by atoms with van der Waals surface area (Å²) in [5, 5.41) is 9.64. The van der Waals surface area contributed by atoms with Crippen molar-refractivity contribution in [1.29, 1.82) is 5.26 Å². The van der Waals surface area contributed by atoms with Crippen LogP contribution in [0.5, 0.6) is 11.5 Å². The third-order valence-electron chi connectivity index (χ3n) is 3.12. The molecule has 5 heteroatoms. The summed E-state index contributed by atoms with van der Waals surface area (Å²) in [6.45, 7) is 0.0536. The molecule has 0 fully saturated rings. The number of methoxy groups -OCH3 is 1. The van der Waals surface area contributed by atoms with Gasteiger partial charge in [0.2, 0.25) is 0 Å². The fraction of sp³-hybridized carbons (Fsp3) is 0.105. The Morgan fingerprint density at radius 3 is 2.79 bits per heavy atom. The normalized spacial score (nSPS) is 10.6. The third-order valence-corrected chi connectivity index (χ3v) is 3.40. The number of nitrogens with zero attached hydrogens (tertiary/aromatic N) is 1. The maximum Gasteiger partial charge on any atom is 0.181 e. The monoisotopic (exact) mass is 341 g/mol. The van der Waals surface area contributed by atoms with E-state index in [-0.39, 0.29) is 6.61 Å². The zero-order valence-corrected chi connectivity index (χ0v) is 13.6. The van der Waals surface area contributed by atoms with Gasteiger partial charge in [0.15, 0.2) is 11.5 Å². The van der Waals surface area contributed by atoms with Crippen molar-refractivity contribution in [2.24, 2.45) is 0 Å². The Hall–Kier alpha value is -2.95. The Kier molecular flexibility index (Phi) is 5.84. The van der Waals surface area contributed by atoms with E-state index in [4.69, 9.17) is 27.5 Å². The molecule has 0 amide bonds. The van der Waals surface area contributed by atoms with Crippen LogP contribution in [0.15, 0.2) is 36.4 Å². The number of hydrogen-bond acceptors (Lipinski definition) is 3. The molecule has 120 valence electrons. The molecule has 0 saturated carbocycles. The maximum absolute atomic E-state index is 13.3. The molecule has 0 unspecified atom stereocenters. The molecule has 0 aromatic heterocycles.